The number of phenolic OH excluding ortho intramolecular Hbond substituents is 1. The van der Waals surface area contributed by atoms with Crippen molar-refractivity contribution in [3.8, 4) is 5.75 Å². The first-order valence-electron chi connectivity index (χ1n) is 7.66. The summed E-state index contributed by atoms with van der Waals surface area (Å²) in [6.07, 6.45) is 1.93. The third-order valence-corrected chi connectivity index (χ3v) is 3.80. The summed E-state index contributed by atoms with van der Waals surface area (Å²) in [7, 11) is 1.75. The second kappa shape index (κ2) is 6.75. The van der Waals surface area contributed by atoms with Crippen molar-refractivity contribution in [3.63, 3.8) is 0 Å². The van der Waals surface area contributed by atoms with E-state index < -0.39 is 0 Å². The number of phenols is 1. The Kier molecular flexibility index (Phi) is 4.52. The molecule has 0 unspecified atom stereocenters. The average molecular weight is 312 g/mol. The molecule has 1 N–H and O–H groups in total. The SMILES string of the molecule is C/C=C1/N=C(c2cccc(O)c2)N=C(N2CCOCC2)/C1=N/C. The molecule has 0 radical (unpaired) electrons. The number of hydrogen-bond acceptors (Lipinski definition) is 6. The van der Waals surface area contributed by atoms with Crippen molar-refractivity contribution >= 4 is 17.4 Å². The standard InChI is InChI=1S/C17H20N4O2/c1-3-14-15(18-2)17(21-7-9-23-10-8-21)20-16(19-14)12-5-4-6-13(22)11-12/h3-6,11,22H,7-10H2,1-2H3/b14-3+,18-15+. The van der Waals surface area contributed by atoms with E-state index in [0.29, 0.717) is 19.0 Å². The summed E-state index contributed by atoms with van der Waals surface area (Å²) >= 11 is 0. The molecule has 0 aliphatic carbocycles. The smallest absolute Gasteiger partial charge is 0.162 e. The quantitative estimate of drug-likeness (QED) is 0.860. The molecule has 1 aromatic rings. The molecule has 0 spiro atoms. The van der Waals surface area contributed by atoms with Gasteiger partial charge in [-0.05, 0) is 19.1 Å². The Morgan fingerprint density at radius 1 is 1.26 bits per heavy atom. The monoisotopic (exact) mass is 312 g/mol. The van der Waals surface area contributed by atoms with Crippen molar-refractivity contribution in [2.45, 2.75) is 6.92 Å². The number of allylic oxidation sites excluding steroid dienone is 1. The van der Waals surface area contributed by atoms with Crippen LogP contribution < -0.4 is 0 Å². The van der Waals surface area contributed by atoms with Crippen molar-refractivity contribution in [1.29, 1.82) is 0 Å². The first-order valence-corrected chi connectivity index (χ1v) is 7.66. The maximum Gasteiger partial charge on any atom is 0.162 e. The van der Waals surface area contributed by atoms with E-state index in [1.54, 1.807) is 25.2 Å². The number of morpholine rings is 1. The lowest BCUT2D eigenvalue weighted by Gasteiger charge is -2.31. The zero-order valence-corrected chi connectivity index (χ0v) is 13.4. The minimum absolute atomic E-state index is 0.199. The van der Waals surface area contributed by atoms with Gasteiger partial charge in [0.05, 0.1) is 18.9 Å². The molecule has 2 aliphatic heterocycles. The number of hydrogen-bond donors (Lipinski definition) is 1. The van der Waals surface area contributed by atoms with E-state index in [1.165, 1.54) is 0 Å². The van der Waals surface area contributed by atoms with Gasteiger partial charge in [-0.1, -0.05) is 18.2 Å². The Morgan fingerprint density at radius 2 is 2.04 bits per heavy atom. The van der Waals surface area contributed by atoms with E-state index in [0.717, 1.165) is 35.9 Å². The fourth-order valence-electron chi connectivity index (χ4n) is 2.65. The highest BCUT2D eigenvalue weighted by Gasteiger charge is 2.26. The zero-order valence-electron chi connectivity index (χ0n) is 13.4. The molecule has 0 amide bonds. The Morgan fingerprint density at radius 3 is 2.70 bits per heavy atom. The van der Waals surface area contributed by atoms with Crippen LogP contribution in [-0.2, 0) is 4.74 Å². The third-order valence-electron chi connectivity index (χ3n) is 3.80. The van der Waals surface area contributed by atoms with E-state index in [2.05, 4.69) is 14.9 Å². The number of rotatable bonds is 1. The number of aliphatic imine (C=N–C) groups is 3. The summed E-state index contributed by atoms with van der Waals surface area (Å²) in [6, 6.07) is 6.98. The maximum absolute atomic E-state index is 9.71. The molecule has 2 heterocycles. The van der Waals surface area contributed by atoms with Crippen LogP contribution in [0.2, 0.25) is 0 Å². The summed E-state index contributed by atoms with van der Waals surface area (Å²) in [5, 5.41) is 9.71. The Balaban J connectivity index is 2.05. The lowest BCUT2D eigenvalue weighted by atomic mass is 10.1. The van der Waals surface area contributed by atoms with Crippen LogP contribution in [-0.4, -0.2) is 60.7 Å². The number of ether oxygens (including phenoxy) is 1. The number of amidine groups is 2. The van der Waals surface area contributed by atoms with Crippen molar-refractivity contribution in [3.05, 3.63) is 41.6 Å². The minimum Gasteiger partial charge on any atom is -0.508 e. The molecule has 0 bridgehead atoms. The van der Waals surface area contributed by atoms with Gasteiger partial charge < -0.3 is 14.7 Å². The topological polar surface area (TPSA) is 69.8 Å². The van der Waals surface area contributed by atoms with Crippen molar-refractivity contribution < 1.29 is 9.84 Å². The largest absolute Gasteiger partial charge is 0.508 e. The highest BCUT2D eigenvalue weighted by Crippen LogP contribution is 2.19. The molecule has 1 fully saturated rings. The average Bonchev–Trinajstić information content (AvgIpc) is 2.61. The van der Waals surface area contributed by atoms with Gasteiger partial charge >= 0.3 is 0 Å². The highest BCUT2D eigenvalue weighted by atomic mass is 16.5. The zero-order chi connectivity index (χ0) is 16.2. The van der Waals surface area contributed by atoms with Crippen molar-refractivity contribution in [2.24, 2.45) is 15.0 Å². The van der Waals surface area contributed by atoms with Crippen LogP contribution in [0.5, 0.6) is 5.75 Å². The first-order chi connectivity index (χ1) is 11.2. The summed E-state index contributed by atoms with van der Waals surface area (Å²) in [6.45, 7) is 4.86. The van der Waals surface area contributed by atoms with E-state index in [9.17, 15) is 5.11 Å². The third kappa shape index (κ3) is 3.17. The van der Waals surface area contributed by atoms with Gasteiger partial charge in [0.2, 0.25) is 0 Å². The van der Waals surface area contributed by atoms with Crippen molar-refractivity contribution in [1.82, 2.24) is 4.90 Å². The second-order valence-corrected chi connectivity index (χ2v) is 5.27. The summed E-state index contributed by atoms with van der Waals surface area (Å²) < 4.78 is 5.43. The second-order valence-electron chi connectivity index (χ2n) is 5.27. The lowest BCUT2D eigenvalue weighted by Crippen LogP contribution is -2.46. The van der Waals surface area contributed by atoms with Gasteiger partial charge in [-0.2, -0.15) is 0 Å². The number of nitrogens with zero attached hydrogens (tertiary/aromatic N) is 4. The molecule has 6 nitrogen and oxygen atoms in total. The molecular weight excluding hydrogens is 292 g/mol. The lowest BCUT2D eigenvalue weighted by molar-refractivity contribution is 0.0689. The van der Waals surface area contributed by atoms with Crippen LogP contribution in [0.3, 0.4) is 0 Å². The Bertz CT molecular complexity index is 713. The molecule has 2 aliphatic rings. The predicted molar refractivity (Wildman–Crippen MR) is 91.6 cm³/mol. The summed E-state index contributed by atoms with van der Waals surface area (Å²) in [4.78, 5) is 15.9. The van der Waals surface area contributed by atoms with Gasteiger partial charge in [0.15, 0.2) is 11.7 Å². The maximum atomic E-state index is 9.71. The van der Waals surface area contributed by atoms with Crippen molar-refractivity contribution in [2.75, 3.05) is 33.4 Å². The van der Waals surface area contributed by atoms with Gasteiger partial charge in [-0.15, -0.1) is 0 Å². The fraction of sp³-hybridized carbons (Fsp3) is 0.353. The number of benzene rings is 1. The molecule has 120 valence electrons. The molecule has 3 rings (SSSR count). The van der Waals surface area contributed by atoms with E-state index in [1.807, 2.05) is 19.1 Å². The van der Waals surface area contributed by atoms with Gasteiger partial charge in [0.25, 0.3) is 0 Å². The van der Waals surface area contributed by atoms with Crippen LogP contribution in [0, 0.1) is 0 Å². The van der Waals surface area contributed by atoms with E-state index >= 15 is 0 Å². The summed E-state index contributed by atoms with van der Waals surface area (Å²) in [5.41, 5.74) is 2.37. The first kappa shape index (κ1) is 15.4. The molecule has 23 heavy (non-hydrogen) atoms. The molecule has 0 atom stereocenters. The van der Waals surface area contributed by atoms with Gasteiger partial charge in [-0.3, -0.25) is 4.99 Å². The molecular formula is C17H20N4O2. The van der Waals surface area contributed by atoms with Crippen LogP contribution in [0.1, 0.15) is 12.5 Å². The molecule has 1 aromatic carbocycles. The normalized spacial score (nSPS) is 22.3. The summed E-state index contributed by atoms with van der Waals surface area (Å²) in [5.74, 6) is 1.60. The number of aromatic hydroxyl groups is 1. The van der Waals surface area contributed by atoms with Crippen LogP contribution in [0.15, 0.2) is 51.0 Å². The Labute approximate surface area is 135 Å². The van der Waals surface area contributed by atoms with Crippen LogP contribution in [0.25, 0.3) is 0 Å². The molecule has 0 aromatic heterocycles. The Hall–Kier alpha value is -2.47. The highest BCUT2D eigenvalue weighted by molar-refractivity contribution is 6.50. The van der Waals surface area contributed by atoms with Crippen LogP contribution in [0.4, 0.5) is 0 Å². The molecule has 6 heteroatoms. The fourth-order valence-corrected chi connectivity index (χ4v) is 2.65. The minimum atomic E-state index is 0.199. The van der Waals surface area contributed by atoms with Gasteiger partial charge in [-0.25, -0.2) is 9.98 Å². The van der Waals surface area contributed by atoms with Gasteiger partial charge in [0, 0.05) is 25.7 Å². The van der Waals surface area contributed by atoms with E-state index in [-0.39, 0.29) is 5.75 Å². The molecule has 0 saturated carbocycles. The van der Waals surface area contributed by atoms with Gasteiger partial charge in [0.1, 0.15) is 11.5 Å². The van der Waals surface area contributed by atoms with Crippen LogP contribution >= 0.6 is 0 Å². The van der Waals surface area contributed by atoms with E-state index in [4.69, 9.17) is 9.73 Å². The predicted octanol–water partition coefficient (Wildman–Crippen LogP) is 1.86. The molecule has 1 saturated heterocycles.